The molecule has 1 aliphatic rings. The minimum Gasteiger partial charge on any atom is -0.358 e. The van der Waals surface area contributed by atoms with Crippen LogP contribution < -0.4 is 10.2 Å². The van der Waals surface area contributed by atoms with Gasteiger partial charge in [0.25, 0.3) is 5.91 Å². The molecular weight excluding hydrogens is 328 g/mol. The van der Waals surface area contributed by atoms with E-state index in [0.29, 0.717) is 5.92 Å². The van der Waals surface area contributed by atoms with Crippen molar-refractivity contribution < 1.29 is 4.79 Å². The molecule has 2 aromatic heterocycles. The second-order valence-corrected chi connectivity index (χ2v) is 7.49. The van der Waals surface area contributed by atoms with Crippen molar-refractivity contribution in [1.82, 2.24) is 19.7 Å². The topological polar surface area (TPSA) is 75.9 Å². The lowest BCUT2D eigenvalue weighted by atomic mass is 10.0. The van der Waals surface area contributed by atoms with E-state index < -0.39 is 0 Å². The van der Waals surface area contributed by atoms with Gasteiger partial charge in [0.05, 0.1) is 6.20 Å². The maximum atomic E-state index is 13.0. The standard InChI is InChI=1S/C19H28N6O/c1-12(2)15-11-16(23-18(22-15)13(3)4)21-14-7-6-10-25(19(14)26)17-8-9-20-24(17)5/h8-9,11-14H,6-7,10H2,1-5H3,(H,21,22,23). The summed E-state index contributed by atoms with van der Waals surface area (Å²) in [5.74, 6) is 2.99. The molecule has 1 N–H and O–H groups in total. The highest BCUT2D eigenvalue weighted by Gasteiger charge is 2.31. The number of carbonyl (C=O) groups is 1. The number of carbonyl (C=O) groups excluding carboxylic acids is 1. The molecule has 0 aliphatic carbocycles. The Morgan fingerprint density at radius 3 is 2.58 bits per heavy atom. The third kappa shape index (κ3) is 3.71. The summed E-state index contributed by atoms with van der Waals surface area (Å²) in [6, 6.07) is 3.56. The maximum absolute atomic E-state index is 13.0. The van der Waals surface area contributed by atoms with Crippen LogP contribution in [0.2, 0.25) is 0 Å². The van der Waals surface area contributed by atoms with Crippen molar-refractivity contribution >= 4 is 17.5 Å². The predicted molar refractivity (Wildman–Crippen MR) is 102 cm³/mol. The Kier molecular flexibility index (Phi) is 5.25. The third-order valence-electron chi connectivity index (χ3n) is 4.70. The average Bonchev–Trinajstić information content (AvgIpc) is 3.02. The average molecular weight is 356 g/mol. The van der Waals surface area contributed by atoms with Gasteiger partial charge in [0, 0.05) is 37.3 Å². The largest absolute Gasteiger partial charge is 0.358 e. The van der Waals surface area contributed by atoms with Crippen LogP contribution in [0.4, 0.5) is 11.6 Å². The molecule has 2 aromatic rings. The van der Waals surface area contributed by atoms with Crippen molar-refractivity contribution in [3.8, 4) is 0 Å². The lowest BCUT2D eigenvalue weighted by Crippen LogP contribution is -2.48. The summed E-state index contributed by atoms with van der Waals surface area (Å²) in [7, 11) is 1.86. The quantitative estimate of drug-likeness (QED) is 0.891. The zero-order valence-electron chi connectivity index (χ0n) is 16.2. The first-order valence-corrected chi connectivity index (χ1v) is 9.31. The first-order chi connectivity index (χ1) is 12.4. The monoisotopic (exact) mass is 356 g/mol. The molecule has 7 nitrogen and oxygen atoms in total. The van der Waals surface area contributed by atoms with Gasteiger partial charge in [0.15, 0.2) is 0 Å². The first kappa shape index (κ1) is 18.4. The van der Waals surface area contributed by atoms with Crippen molar-refractivity contribution in [1.29, 1.82) is 0 Å². The Morgan fingerprint density at radius 2 is 1.96 bits per heavy atom. The number of rotatable bonds is 5. The molecule has 26 heavy (non-hydrogen) atoms. The van der Waals surface area contributed by atoms with Gasteiger partial charge in [-0.2, -0.15) is 5.10 Å². The van der Waals surface area contributed by atoms with Crippen molar-refractivity contribution in [2.75, 3.05) is 16.8 Å². The van der Waals surface area contributed by atoms with Gasteiger partial charge in [-0.25, -0.2) is 9.97 Å². The highest BCUT2D eigenvalue weighted by molar-refractivity contribution is 5.98. The molecule has 7 heteroatoms. The van der Waals surface area contributed by atoms with E-state index in [1.807, 2.05) is 24.1 Å². The molecule has 1 fully saturated rings. The zero-order chi connectivity index (χ0) is 18.8. The fraction of sp³-hybridized carbons (Fsp3) is 0.579. The molecule has 1 saturated heterocycles. The lowest BCUT2D eigenvalue weighted by molar-refractivity contribution is -0.120. The first-order valence-electron chi connectivity index (χ1n) is 9.31. The van der Waals surface area contributed by atoms with Crippen molar-refractivity contribution in [2.45, 2.75) is 58.4 Å². The van der Waals surface area contributed by atoms with Crippen LogP contribution in [0.15, 0.2) is 18.3 Å². The van der Waals surface area contributed by atoms with Crippen LogP contribution in [0, 0.1) is 0 Å². The van der Waals surface area contributed by atoms with E-state index in [-0.39, 0.29) is 17.9 Å². The van der Waals surface area contributed by atoms with Crippen LogP contribution in [0.1, 0.15) is 63.9 Å². The molecule has 3 rings (SSSR count). The van der Waals surface area contributed by atoms with Crippen molar-refractivity contribution in [3.63, 3.8) is 0 Å². The van der Waals surface area contributed by atoms with Gasteiger partial charge in [-0.3, -0.25) is 14.4 Å². The summed E-state index contributed by atoms with van der Waals surface area (Å²) < 4.78 is 1.73. The second-order valence-electron chi connectivity index (χ2n) is 7.49. The van der Waals surface area contributed by atoms with Crippen LogP contribution in [0.3, 0.4) is 0 Å². The Balaban J connectivity index is 1.84. The van der Waals surface area contributed by atoms with Gasteiger partial charge >= 0.3 is 0 Å². The fourth-order valence-electron chi connectivity index (χ4n) is 3.16. The number of anilines is 2. The van der Waals surface area contributed by atoms with E-state index in [1.54, 1.807) is 10.9 Å². The van der Waals surface area contributed by atoms with E-state index in [4.69, 9.17) is 0 Å². The molecule has 0 radical (unpaired) electrons. The molecule has 1 aliphatic heterocycles. The molecule has 0 bridgehead atoms. The van der Waals surface area contributed by atoms with Gasteiger partial charge in [0.1, 0.15) is 23.5 Å². The number of hydrogen-bond acceptors (Lipinski definition) is 5. The van der Waals surface area contributed by atoms with Crippen LogP contribution >= 0.6 is 0 Å². The maximum Gasteiger partial charge on any atom is 0.250 e. The third-order valence-corrected chi connectivity index (χ3v) is 4.70. The van der Waals surface area contributed by atoms with Gasteiger partial charge in [-0.05, 0) is 18.8 Å². The SMILES string of the molecule is CC(C)c1cc(NC2CCCN(c3ccnn3C)C2=O)nc(C(C)C)n1. The predicted octanol–water partition coefficient (Wildman–Crippen LogP) is 3.06. The number of nitrogens with one attached hydrogen (secondary N) is 1. The minimum absolute atomic E-state index is 0.0654. The highest BCUT2D eigenvalue weighted by Crippen LogP contribution is 2.24. The summed E-state index contributed by atoms with van der Waals surface area (Å²) in [6.07, 6.45) is 3.45. The molecule has 1 unspecified atom stereocenters. The van der Waals surface area contributed by atoms with E-state index in [2.05, 4.69) is 48.1 Å². The molecular formula is C19H28N6O. The Hall–Kier alpha value is -2.44. The molecule has 0 spiro atoms. The molecule has 3 heterocycles. The summed E-state index contributed by atoms with van der Waals surface area (Å²) >= 11 is 0. The minimum atomic E-state index is -0.284. The number of hydrogen-bond donors (Lipinski definition) is 1. The summed E-state index contributed by atoms with van der Waals surface area (Å²) in [4.78, 5) is 24.1. The molecule has 0 aromatic carbocycles. The molecule has 1 atom stereocenters. The van der Waals surface area contributed by atoms with Crippen LogP contribution in [0.5, 0.6) is 0 Å². The van der Waals surface area contributed by atoms with E-state index in [9.17, 15) is 4.79 Å². The van der Waals surface area contributed by atoms with E-state index in [0.717, 1.165) is 42.5 Å². The summed E-state index contributed by atoms with van der Waals surface area (Å²) in [6.45, 7) is 9.12. The smallest absolute Gasteiger partial charge is 0.250 e. The van der Waals surface area contributed by atoms with Gasteiger partial charge in [-0.1, -0.05) is 27.7 Å². The number of piperidine rings is 1. The Labute approximate surface area is 154 Å². The van der Waals surface area contributed by atoms with E-state index >= 15 is 0 Å². The van der Waals surface area contributed by atoms with Gasteiger partial charge in [0.2, 0.25) is 0 Å². The molecule has 140 valence electrons. The van der Waals surface area contributed by atoms with Crippen molar-refractivity contribution in [3.05, 3.63) is 29.8 Å². The Bertz CT molecular complexity index is 756. The van der Waals surface area contributed by atoms with Crippen molar-refractivity contribution in [2.24, 2.45) is 7.05 Å². The normalized spacial score (nSPS) is 18.0. The summed E-state index contributed by atoms with van der Waals surface area (Å²) in [5.41, 5.74) is 0.998. The number of aromatic nitrogens is 4. The molecule has 1 amide bonds. The Morgan fingerprint density at radius 1 is 1.19 bits per heavy atom. The zero-order valence-corrected chi connectivity index (χ0v) is 16.2. The summed E-state index contributed by atoms with van der Waals surface area (Å²) in [5, 5.41) is 7.54. The van der Waals surface area contributed by atoms with E-state index in [1.165, 1.54) is 0 Å². The number of amides is 1. The van der Waals surface area contributed by atoms with Crippen LogP contribution in [-0.2, 0) is 11.8 Å². The fourth-order valence-corrected chi connectivity index (χ4v) is 3.16. The highest BCUT2D eigenvalue weighted by atomic mass is 16.2. The number of aryl methyl sites for hydroxylation is 1. The van der Waals surface area contributed by atoms with Gasteiger partial charge in [-0.15, -0.1) is 0 Å². The second kappa shape index (κ2) is 7.43. The van der Waals surface area contributed by atoms with Crippen LogP contribution in [0.25, 0.3) is 0 Å². The van der Waals surface area contributed by atoms with Crippen LogP contribution in [-0.4, -0.2) is 38.2 Å². The number of nitrogens with zero attached hydrogens (tertiary/aromatic N) is 5. The van der Waals surface area contributed by atoms with Gasteiger partial charge < -0.3 is 5.32 Å². The molecule has 0 saturated carbocycles. The lowest BCUT2D eigenvalue weighted by Gasteiger charge is -2.32.